The third-order valence-electron chi connectivity index (χ3n) is 2.54. The van der Waals surface area contributed by atoms with Gasteiger partial charge in [-0.3, -0.25) is 4.90 Å². The van der Waals surface area contributed by atoms with Gasteiger partial charge in [0.05, 0.1) is 12.3 Å². The highest BCUT2D eigenvalue weighted by Crippen LogP contribution is 2.25. The maximum Gasteiger partial charge on any atom is 0.414 e. The molecule has 0 unspecified atom stereocenters. The molecule has 0 fully saturated rings. The zero-order chi connectivity index (χ0) is 16.0. The molecule has 1 aromatic heterocycles. The van der Waals surface area contributed by atoms with Crippen molar-refractivity contribution in [2.45, 2.75) is 26.3 Å². The highest BCUT2D eigenvalue weighted by molar-refractivity contribution is 5.88. The second kappa shape index (κ2) is 6.98. The van der Waals surface area contributed by atoms with Gasteiger partial charge >= 0.3 is 11.9 Å². The Kier molecular flexibility index (Phi) is 5.60. The Hall–Kier alpha value is -2.22. The Balaban J connectivity index is 2.97. The van der Waals surface area contributed by atoms with Gasteiger partial charge in [-0.15, -0.1) is 0 Å². The lowest BCUT2D eigenvalue weighted by Crippen LogP contribution is -2.46. The molecule has 21 heavy (non-hydrogen) atoms. The van der Waals surface area contributed by atoms with Gasteiger partial charge in [-0.1, -0.05) is 0 Å². The first kappa shape index (κ1) is 16.8. The van der Waals surface area contributed by atoms with Gasteiger partial charge in [0.2, 0.25) is 0 Å². The van der Waals surface area contributed by atoms with Crippen LogP contribution in [-0.4, -0.2) is 41.9 Å². The number of rotatable bonds is 5. The molecule has 0 spiro atoms. The molecule has 0 aromatic carbocycles. The van der Waals surface area contributed by atoms with Crippen molar-refractivity contribution in [3.05, 3.63) is 28.4 Å². The molecule has 0 bridgehead atoms. The number of hydrogen-bond acceptors (Lipinski definition) is 6. The molecule has 1 aromatic rings. The van der Waals surface area contributed by atoms with E-state index < -0.39 is 16.6 Å². The quantitative estimate of drug-likeness (QED) is 0.470. The van der Waals surface area contributed by atoms with Crippen molar-refractivity contribution in [3.63, 3.8) is 0 Å². The van der Waals surface area contributed by atoms with Crippen LogP contribution in [0.4, 0.5) is 16.3 Å². The second-order valence-corrected chi connectivity index (χ2v) is 5.25. The molecular formula is C13H19N3O5. The number of ether oxygens (including phenoxy) is 2. The number of anilines is 1. The minimum atomic E-state index is -0.595. The first-order valence-electron chi connectivity index (χ1n) is 6.33. The summed E-state index contributed by atoms with van der Waals surface area (Å²) in [6.07, 6.45) is 0.719. The van der Waals surface area contributed by atoms with Crippen LogP contribution in [0, 0.1) is 10.1 Å². The molecule has 8 heteroatoms. The van der Waals surface area contributed by atoms with Crippen molar-refractivity contribution in [2.75, 3.05) is 25.2 Å². The van der Waals surface area contributed by atoms with Gasteiger partial charge in [-0.05, 0) is 36.7 Å². The molecule has 0 aliphatic heterocycles. The molecule has 0 aliphatic rings. The van der Waals surface area contributed by atoms with Crippen LogP contribution in [0.5, 0.6) is 0 Å². The highest BCUT2D eigenvalue weighted by Gasteiger charge is 2.30. The Morgan fingerprint density at radius 2 is 2.05 bits per heavy atom. The van der Waals surface area contributed by atoms with Crippen LogP contribution in [0.2, 0.25) is 0 Å². The summed E-state index contributed by atoms with van der Waals surface area (Å²) < 4.78 is 9.93. The summed E-state index contributed by atoms with van der Waals surface area (Å²) in [4.78, 5) is 27.3. The molecule has 0 radical (unpaired) electrons. The largest absolute Gasteiger partial charge is 0.447 e. The van der Waals surface area contributed by atoms with Gasteiger partial charge in [0, 0.05) is 18.7 Å². The number of amides is 1. The van der Waals surface area contributed by atoms with Gasteiger partial charge in [-0.25, -0.2) is 4.79 Å². The van der Waals surface area contributed by atoms with E-state index in [1.165, 1.54) is 30.3 Å². The third kappa shape index (κ3) is 4.67. The molecule has 0 atom stereocenters. The van der Waals surface area contributed by atoms with Crippen LogP contribution in [0.1, 0.15) is 20.8 Å². The summed E-state index contributed by atoms with van der Waals surface area (Å²) in [5, 5.41) is 10.6. The molecule has 0 N–H and O–H groups in total. The van der Waals surface area contributed by atoms with Crippen molar-refractivity contribution in [1.29, 1.82) is 0 Å². The minimum Gasteiger partial charge on any atom is -0.447 e. The fourth-order valence-electron chi connectivity index (χ4n) is 1.66. The fourth-order valence-corrected chi connectivity index (χ4v) is 1.66. The van der Waals surface area contributed by atoms with Crippen molar-refractivity contribution in [2.24, 2.45) is 0 Å². The number of methoxy groups -OCH3 is 1. The van der Waals surface area contributed by atoms with E-state index in [2.05, 4.69) is 4.98 Å². The highest BCUT2D eigenvalue weighted by atomic mass is 16.6. The number of carbonyl (C=O) groups is 1. The molecule has 116 valence electrons. The first-order chi connectivity index (χ1) is 9.77. The maximum absolute atomic E-state index is 12.2. The summed E-state index contributed by atoms with van der Waals surface area (Å²) in [5.41, 5.74) is -0.141. The van der Waals surface area contributed by atoms with Crippen LogP contribution in [0.25, 0.3) is 0 Å². The molecular weight excluding hydrogens is 278 g/mol. The van der Waals surface area contributed by atoms with Crippen LogP contribution in [0.3, 0.4) is 0 Å². The molecule has 0 saturated heterocycles. The van der Waals surface area contributed by atoms with Crippen molar-refractivity contribution in [1.82, 2.24) is 4.98 Å². The first-order valence-corrected chi connectivity index (χ1v) is 6.33. The maximum atomic E-state index is 12.2. The van der Waals surface area contributed by atoms with Gasteiger partial charge in [0.25, 0.3) is 0 Å². The Morgan fingerprint density at radius 1 is 1.38 bits per heavy atom. The molecule has 0 saturated carbocycles. The van der Waals surface area contributed by atoms with Crippen molar-refractivity contribution in [3.8, 4) is 0 Å². The molecule has 8 nitrogen and oxygen atoms in total. The zero-order valence-electron chi connectivity index (χ0n) is 12.5. The van der Waals surface area contributed by atoms with Gasteiger partial charge in [0.1, 0.15) is 6.61 Å². The summed E-state index contributed by atoms with van der Waals surface area (Å²) in [7, 11) is 1.51. The smallest absolute Gasteiger partial charge is 0.414 e. The average Bonchev–Trinajstić information content (AvgIpc) is 2.38. The van der Waals surface area contributed by atoms with Crippen LogP contribution < -0.4 is 4.90 Å². The number of nitro groups is 1. The fraction of sp³-hybridized carbons (Fsp3) is 0.538. The van der Waals surface area contributed by atoms with E-state index in [1.54, 1.807) is 0 Å². The summed E-state index contributed by atoms with van der Waals surface area (Å²) in [6.45, 7) is 5.90. The van der Waals surface area contributed by atoms with Crippen LogP contribution in [-0.2, 0) is 9.47 Å². The van der Waals surface area contributed by atoms with E-state index in [1.807, 2.05) is 20.8 Å². The number of nitrogens with zero attached hydrogens (tertiary/aromatic N) is 3. The summed E-state index contributed by atoms with van der Waals surface area (Å²) in [5.74, 6) is -0.277. The lowest BCUT2D eigenvalue weighted by Gasteiger charge is -2.33. The lowest BCUT2D eigenvalue weighted by molar-refractivity contribution is -0.389. The van der Waals surface area contributed by atoms with Crippen LogP contribution in [0.15, 0.2) is 18.3 Å². The normalized spacial score (nSPS) is 11.0. The molecule has 1 amide bonds. The lowest BCUT2D eigenvalue weighted by atomic mass is 10.1. The van der Waals surface area contributed by atoms with E-state index in [0.717, 1.165) is 0 Å². The number of pyridine rings is 1. The topological polar surface area (TPSA) is 94.8 Å². The average molecular weight is 297 g/mol. The van der Waals surface area contributed by atoms with Gasteiger partial charge in [-0.2, -0.15) is 0 Å². The minimum absolute atomic E-state index is 0.127. The number of hydrogen-bond donors (Lipinski definition) is 0. The third-order valence-corrected chi connectivity index (χ3v) is 2.54. The predicted octanol–water partition coefficient (Wildman–Crippen LogP) is 2.38. The van der Waals surface area contributed by atoms with E-state index in [0.29, 0.717) is 12.3 Å². The van der Waals surface area contributed by atoms with Gasteiger partial charge in [0.15, 0.2) is 6.20 Å². The molecule has 0 aliphatic carbocycles. The van der Waals surface area contributed by atoms with Crippen molar-refractivity contribution >= 4 is 17.6 Å². The van der Waals surface area contributed by atoms with E-state index in [-0.39, 0.29) is 12.4 Å². The summed E-state index contributed by atoms with van der Waals surface area (Å²) >= 11 is 0. The zero-order valence-corrected chi connectivity index (χ0v) is 12.5. The second-order valence-electron chi connectivity index (χ2n) is 5.25. The Bertz CT molecular complexity index is 496. The van der Waals surface area contributed by atoms with Crippen LogP contribution >= 0.6 is 0 Å². The van der Waals surface area contributed by atoms with E-state index in [4.69, 9.17) is 9.47 Å². The number of aromatic nitrogens is 1. The number of carbonyl (C=O) groups excluding carboxylic acids is 1. The summed E-state index contributed by atoms with van der Waals surface area (Å²) in [6, 6.07) is 2.71. The Labute approximate surface area is 122 Å². The molecule has 1 rings (SSSR count). The SMILES string of the molecule is COCCOC(=O)N(c1ccc([N+](=O)[O-])nc1)C(C)(C)C. The predicted molar refractivity (Wildman–Crippen MR) is 76.3 cm³/mol. The van der Waals surface area contributed by atoms with E-state index in [9.17, 15) is 14.9 Å². The van der Waals surface area contributed by atoms with Gasteiger partial charge < -0.3 is 19.6 Å². The molecule has 1 heterocycles. The Morgan fingerprint density at radius 3 is 2.48 bits per heavy atom. The van der Waals surface area contributed by atoms with E-state index >= 15 is 0 Å². The van der Waals surface area contributed by atoms with Crippen molar-refractivity contribution < 1.29 is 19.2 Å². The monoisotopic (exact) mass is 297 g/mol. The standard InChI is InChI=1S/C13H19N3O5/c1-13(2,3)15(12(17)21-8-7-20-4)10-5-6-11(14-9-10)16(18)19/h5-6,9H,7-8H2,1-4H3.